The second-order valence-electron chi connectivity index (χ2n) is 4.34. The molecule has 0 amide bonds. The molecule has 0 radical (unpaired) electrons. The molecule has 0 spiro atoms. The summed E-state index contributed by atoms with van der Waals surface area (Å²) in [5.41, 5.74) is -0.575. The van der Waals surface area contributed by atoms with Crippen LogP contribution in [0.25, 0.3) is 0 Å². The fourth-order valence-electron chi connectivity index (χ4n) is 1.84. The quantitative estimate of drug-likeness (QED) is 0.587. The molecule has 0 aliphatic carbocycles. The lowest BCUT2D eigenvalue weighted by Crippen LogP contribution is -2.07. The molecule has 4 nitrogen and oxygen atoms in total. The number of hydrogen-bond donors (Lipinski definition) is 1. The lowest BCUT2D eigenvalue weighted by molar-refractivity contribution is -0.385. The van der Waals surface area contributed by atoms with Crippen molar-refractivity contribution in [2.45, 2.75) is 19.4 Å². The molecule has 0 aliphatic rings. The molecule has 1 N–H and O–H groups in total. The summed E-state index contributed by atoms with van der Waals surface area (Å²) in [6, 6.07) is 6.68. The second kappa shape index (κ2) is 6.36. The molecule has 2 aromatic rings. The maximum atomic E-state index is 13.0. The summed E-state index contributed by atoms with van der Waals surface area (Å²) in [6.45, 7) is 1.80. The van der Waals surface area contributed by atoms with Crippen LogP contribution in [0, 0.1) is 10.1 Å². The molecule has 1 atom stereocenters. The number of benzene rings is 1. The summed E-state index contributed by atoms with van der Waals surface area (Å²) in [5.74, 6) is 0. The van der Waals surface area contributed by atoms with Gasteiger partial charge in [0.05, 0.1) is 15.3 Å². The van der Waals surface area contributed by atoms with Gasteiger partial charge in [0.25, 0.3) is 12.1 Å². The SMILES string of the molecule is CC(Nc1ccc([N+](=O)[O-])cc1C(F)F)c1ccc(Cl)s1. The summed E-state index contributed by atoms with van der Waals surface area (Å²) in [4.78, 5) is 10.9. The molecule has 112 valence electrons. The molecular weight excluding hydrogens is 322 g/mol. The third-order valence-corrected chi connectivity index (χ3v) is 4.29. The van der Waals surface area contributed by atoms with E-state index in [-0.39, 0.29) is 17.4 Å². The molecule has 1 aromatic heterocycles. The van der Waals surface area contributed by atoms with Gasteiger partial charge in [-0.1, -0.05) is 11.6 Å². The maximum absolute atomic E-state index is 13.0. The lowest BCUT2D eigenvalue weighted by atomic mass is 10.1. The standard InChI is InChI=1S/C13H11ClF2N2O2S/c1-7(11-4-5-12(14)21-11)17-10-3-2-8(18(19)20)6-9(10)13(15)16/h2-7,13,17H,1H3. The van der Waals surface area contributed by atoms with E-state index in [1.54, 1.807) is 19.1 Å². The number of nitrogens with zero attached hydrogens (tertiary/aromatic N) is 1. The van der Waals surface area contributed by atoms with E-state index >= 15 is 0 Å². The van der Waals surface area contributed by atoms with Crippen molar-refractivity contribution in [1.82, 2.24) is 0 Å². The van der Waals surface area contributed by atoms with E-state index in [9.17, 15) is 18.9 Å². The Hall–Kier alpha value is -1.73. The average Bonchev–Trinajstić information content (AvgIpc) is 2.85. The highest BCUT2D eigenvalue weighted by Crippen LogP contribution is 2.34. The van der Waals surface area contributed by atoms with Crippen molar-refractivity contribution in [2.75, 3.05) is 5.32 Å². The maximum Gasteiger partial charge on any atom is 0.270 e. The summed E-state index contributed by atoms with van der Waals surface area (Å²) < 4.78 is 26.7. The first-order valence-corrected chi connectivity index (χ1v) is 7.16. The van der Waals surface area contributed by atoms with Crippen molar-refractivity contribution in [3.05, 3.63) is 55.2 Å². The minimum absolute atomic E-state index is 0.174. The van der Waals surface area contributed by atoms with Crippen LogP contribution < -0.4 is 5.32 Å². The normalized spacial score (nSPS) is 12.4. The number of rotatable bonds is 5. The summed E-state index contributed by atoms with van der Waals surface area (Å²) in [6.07, 6.45) is -2.80. The molecule has 1 unspecified atom stereocenters. The number of nitro benzene ring substituents is 1. The van der Waals surface area contributed by atoms with Crippen LogP contribution in [0.15, 0.2) is 30.3 Å². The number of non-ortho nitro benzene ring substituents is 1. The smallest absolute Gasteiger partial charge is 0.270 e. The Morgan fingerprint density at radius 3 is 2.57 bits per heavy atom. The zero-order chi connectivity index (χ0) is 15.6. The number of alkyl halides is 2. The van der Waals surface area contributed by atoms with Gasteiger partial charge in [-0.25, -0.2) is 8.78 Å². The van der Waals surface area contributed by atoms with Gasteiger partial charge in [-0.3, -0.25) is 10.1 Å². The van der Waals surface area contributed by atoms with Gasteiger partial charge in [-0.05, 0) is 25.1 Å². The minimum Gasteiger partial charge on any atom is -0.377 e. The first kappa shape index (κ1) is 15.7. The molecule has 0 saturated carbocycles. The summed E-state index contributed by atoms with van der Waals surface area (Å²) in [5, 5.41) is 13.6. The zero-order valence-corrected chi connectivity index (χ0v) is 12.4. The fourth-order valence-corrected chi connectivity index (χ4v) is 2.90. The number of nitrogens with one attached hydrogen (secondary N) is 1. The highest BCUT2D eigenvalue weighted by Gasteiger charge is 2.19. The van der Waals surface area contributed by atoms with Gasteiger partial charge in [-0.15, -0.1) is 11.3 Å². The molecule has 0 fully saturated rings. The topological polar surface area (TPSA) is 55.2 Å². The van der Waals surface area contributed by atoms with Crippen LogP contribution in [0.5, 0.6) is 0 Å². The van der Waals surface area contributed by atoms with Crippen LogP contribution in [-0.4, -0.2) is 4.92 Å². The van der Waals surface area contributed by atoms with Gasteiger partial charge in [0.1, 0.15) is 0 Å². The lowest BCUT2D eigenvalue weighted by Gasteiger charge is -2.16. The highest BCUT2D eigenvalue weighted by atomic mass is 35.5. The van der Waals surface area contributed by atoms with E-state index in [0.717, 1.165) is 10.9 Å². The summed E-state index contributed by atoms with van der Waals surface area (Å²) in [7, 11) is 0. The minimum atomic E-state index is -2.80. The van der Waals surface area contributed by atoms with E-state index in [1.807, 2.05) is 0 Å². The van der Waals surface area contributed by atoms with Crippen LogP contribution in [0.2, 0.25) is 4.34 Å². The number of nitro groups is 1. The third-order valence-electron chi connectivity index (χ3n) is 2.87. The van der Waals surface area contributed by atoms with Gasteiger partial charge in [0.15, 0.2) is 0 Å². The second-order valence-corrected chi connectivity index (χ2v) is 6.08. The number of hydrogen-bond acceptors (Lipinski definition) is 4. The predicted molar refractivity (Wildman–Crippen MR) is 79.4 cm³/mol. The first-order valence-electron chi connectivity index (χ1n) is 5.96. The Labute approximate surface area is 128 Å². The van der Waals surface area contributed by atoms with Crippen LogP contribution in [0.4, 0.5) is 20.2 Å². The molecule has 21 heavy (non-hydrogen) atoms. The van der Waals surface area contributed by atoms with Gasteiger partial charge < -0.3 is 5.32 Å². The Morgan fingerprint density at radius 1 is 1.33 bits per heavy atom. The molecule has 0 aliphatic heterocycles. The van der Waals surface area contributed by atoms with Gasteiger partial charge >= 0.3 is 0 Å². The van der Waals surface area contributed by atoms with Crippen molar-refractivity contribution < 1.29 is 13.7 Å². The van der Waals surface area contributed by atoms with E-state index < -0.39 is 16.9 Å². The van der Waals surface area contributed by atoms with Crippen molar-refractivity contribution in [2.24, 2.45) is 0 Å². The van der Waals surface area contributed by atoms with E-state index in [2.05, 4.69) is 5.32 Å². The number of thiophene rings is 1. The molecule has 8 heteroatoms. The highest BCUT2D eigenvalue weighted by molar-refractivity contribution is 7.16. The van der Waals surface area contributed by atoms with E-state index in [0.29, 0.717) is 4.34 Å². The zero-order valence-electron chi connectivity index (χ0n) is 10.8. The van der Waals surface area contributed by atoms with Crippen LogP contribution >= 0.6 is 22.9 Å². The Bertz CT molecular complexity index is 663. The molecule has 1 aromatic carbocycles. The largest absolute Gasteiger partial charge is 0.377 e. The van der Waals surface area contributed by atoms with Gasteiger partial charge in [-0.2, -0.15) is 0 Å². The van der Waals surface area contributed by atoms with Crippen LogP contribution in [-0.2, 0) is 0 Å². The van der Waals surface area contributed by atoms with Crippen molar-refractivity contribution in [3.63, 3.8) is 0 Å². The van der Waals surface area contributed by atoms with Gasteiger partial charge in [0, 0.05) is 28.3 Å². The average molecular weight is 333 g/mol. The summed E-state index contributed by atoms with van der Waals surface area (Å²) >= 11 is 7.19. The monoisotopic (exact) mass is 332 g/mol. The predicted octanol–water partition coefficient (Wildman–Crippen LogP) is 5.42. The van der Waals surface area contributed by atoms with Crippen LogP contribution in [0.1, 0.15) is 29.8 Å². The van der Waals surface area contributed by atoms with Crippen molar-refractivity contribution in [1.29, 1.82) is 0 Å². The molecule has 2 rings (SSSR count). The molecule has 0 saturated heterocycles. The Morgan fingerprint density at radius 2 is 2.05 bits per heavy atom. The third kappa shape index (κ3) is 3.68. The van der Waals surface area contributed by atoms with Gasteiger partial charge in [0.2, 0.25) is 0 Å². The Balaban J connectivity index is 2.28. The van der Waals surface area contributed by atoms with E-state index in [4.69, 9.17) is 11.6 Å². The molecule has 1 heterocycles. The Kier molecular flexibility index (Phi) is 4.74. The number of halogens is 3. The molecule has 0 bridgehead atoms. The molecular formula is C13H11ClF2N2O2S. The van der Waals surface area contributed by atoms with Crippen molar-refractivity contribution >= 4 is 34.3 Å². The fraction of sp³-hybridized carbons (Fsp3) is 0.231. The van der Waals surface area contributed by atoms with Crippen molar-refractivity contribution in [3.8, 4) is 0 Å². The first-order chi connectivity index (χ1) is 9.88. The van der Waals surface area contributed by atoms with E-state index in [1.165, 1.54) is 23.5 Å². The van der Waals surface area contributed by atoms with Crippen LogP contribution in [0.3, 0.4) is 0 Å². The number of anilines is 1.